The summed E-state index contributed by atoms with van der Waals surface area (Å²) < 4.78 is 2.12. The second-order valence-electron chi connectivity index (χ2n) is 4.61. The molecule has 3 heteroatoms. The molecule has 0 saturated carbocycles. The number of pyridine rings is 1. The van der Waals surface area contributed by atoms with Gasteiger partial charge in [-0.15, -0.1) is 11.3 Å². The van der Waals surface area contributed by atoms with Crippen LogP contribution in [0.1, 0.15) is 19.4 Å². The van der Waals surface area contributed by atoms with Gasteiger partial charge in [0.2, 0.25) is 0 Å². The van der Waals surface area contributed by atoms with Crippen molar-refractivity contribution < 1.29 is 0 Å². The molecule has 0 unspecified atom stereocenters. The molecule has 0 N–H and O–H groups in total. The van der Waals surface area contributed by atoms with Crippen molar-refractivity contribution in [2.24, 2.45) is 4.99 Å². The maximum Gasteiger partial charge on any atom is 0.194 e. The van der Waals surface area contributed by atoms with E-state index in [4.69, 9.17) is 4.99 Å². The second-order valence-corrected chi connectivity index (χ2v) is 5.45. The number of allylic oxidation sites excluding steroid dienone is 2. The van der Waals surface area contributed by atoms with E-state index >= 15 is 0 Å². The third-order valence-electron chi connectivity index (χ3n) is 3.36. The molecular weight excluding hydrogens is 264 g/mol. The molecule has 2 heterocycles. The Bertz CT molecular complexity index is 837. The lowest BCUT2D eigenvalue weighted by Crippen LogP contribution is -2.05. The lowest BCUT2D eigenvalue weighted by atomic mass is 10.1. The number of rotatable bonds is 2. The highest BCUT2D eigenvalue weighted by molar-refractivity contribution is 7.07. The highest BCUT2D eigenvalue weighted by Gasteiger charge is 2.02. The van der Waals surface area contributed by atoms with Crippen molar-refractivity contribution in [2.75, 3.05) is 0 Å². The summed E-state index contributed by atoms with van der Waals surface area (Å²) in [6.45, 7) is 4.18. The predicted octanol–water partition coefficient (Wildman–Crippen LogP) is 4.66. The van der Waals surface area contributed by atoms with Crippen LogP contribution in [0.2, 0.25) is 0 Å². The number of fused-ring (bicyclic) bond motifs is 1. The van der Waals surface area contributed by atoms with Gasteiger partial charge in [-0.2, -0.15) is 0 Å². The minimum Gasteiger partial charge on any atom is -0.292 e. The minimum absolute atomic E-state index is 0.997. The Morgan fingerprint density at radius 2 is 1.95 bits per heavy atom. The number of thiazole rings is 1. The van der Waals surface area contributed by atoms with Gasteiger partial charge in [-0.1, -0.05) is 30.3 Å². The molecule has 0 fully saturated rings. The van der Waals surface area contributed by atoms with Gasteiger partial charge >= 0.3 is 0 Å². The fraction of sp³-hybridized carbons (Fsp3) is 0.118. The maximum absolute atomic E-state index is 4.84. The first kappa shape index (κ1) is 12.9. The summed E-state index contributed by atoms with van der Waals surface area (Å²) in [5, 5.41) is 2.13. The molecule has 1 aromatic carbocycles. The van der Waals surface area contributed by atoms with E-state index in [1.165, 1.54) is 16.7 Å². The summed E-state index contributed by atoms with van der Waals surface area (Å²) in [5.74, 6) is 0. The molecule has 100 valence electrons. The van der Waals surface area contributed by atoms with Gasteiger partial charge in [-0.25, -0.2) is 4.99 Å². The molecule has 20 heavy (non-hydrogen) atoms. The lowest BCUT2D eigenvalue weighted by Gasteiger charge is -2.04. The monoisotopic (exact) mass is 280 g/mol. The third kappa shape index (κ3) is 2.32. The standard InChI is InChI=1S/C17H16N2S/c1-3-13(2)15-9-4-5-10-16(15)18-17-19-11-7-6-8-14(19)12-20-17/h3-12H,1-2H3. The number of benzene rings is 1. The van der Waals surface area contributed by atoms with Crippen LogP contribution < -0.4 is 4.80 Å². The van der Waals surface area contributed by atoms with Crippen molar-refractivity contribution >= 4 is 28.1 Å². The first-order chi connectivity index (χ1) is 9.79. The first-order valence-electron chi connectivity index (χ1n) is 6.61. The number of aromatic nitrogens is 1. The topological polar surface area (TPSA) is 16.8 Å². The molecule has 0 aliphatic heterocycles. The summed E-state index contributed by atoms with van der Waals surface area (Å²) in [6.07, 6.45) is 4.17. The van der Waals surface area contributed by atoms with Crippen LogP contribution in [-0.2, 0) is 0 Å². The van der Waals surface area contributed by atoms with Crippen molar-refractivity contribution in [3.8, 4) is 0 Å². The third-order valence-corrected chi connectivity index (χ3v) is 4.22. The summed E-state index contributed by atoms with van der Waals surface area (Å²) in [5.41, 5.74) is 4.63. The molecule has 3 rings (SSSR count). The average Bonchev–Trinajstić information content (AvgIpc) is 2.90. The Morgan fingerprint density at radius 3 is 2.80 bits per heavy atom. The van der Waals surface area contributed by atoms with Gasteiger partial charge in [-0.05, 0) is 37.6 Å². The zero-order chi connectivity index (χ0) is 13.9. The van der Waals surface area contributed by atoms with Gasteiger partial charge in [0.15, 0.2) is 4.80 Å². The second kappa shape index (κ2) is 5.47. The fourth-order valence-electron chi connectivity index (χ4n) is 2.14. The highest BCUT2D eigenvalue weighted by atomic mass is 32.1. The highest BCUT2D eigenvalue weighted by Crippen LogP contribution is 2.25. The quantitative estimate of drug-likeness (QED) is 0.649. The van der Waals surface area contributed by atoms with Crippen LogP contribution in [0.3, 0.4) is 0 Å². The Hall–Kier alpha value is -2.13. The summed E-state index contributed by atoms with van der Waals surface area (Å²) >= 11 is 1.66. The van der Waals surface area contributed by atoms with Crippen molar-refractivity contribution in [3.63, 3.8) is 0 Å². The zero-order valence-electron chi connectivity index (χ0n) is 11.6. The van der Waals surface area contributed by atoms with Crippen molar-refractivity contribution in [1.82, 2.24) is 4.40 Å². The van der Waals surface area contributed by atoms with Gasteiger partial charge in [0.1, 0.15) is 0 Å². The number of para-hydroxylation sites is 1. The molecule has 3 aromatic rings. The number of hydrogen-bond acceptors (Lipinski definition) is 2. The molecule has 0 atom stereocenters. The van der Waals surface area contributed by atoms with Crippen LogP contribution >= 0.6 is 11.3 Å². The van der Waals surface area contributed by atoms with E-state index in [0.29, 0.717) is 0 Å². The van der Waals surface area contributed by atoms with Crippen LogP contribution in [0.15, 0.2) is 65.1 Å². The van der Waals surface area contributed by atoms with Crippen LogP contribution in [0.25, 0.3) is 11.1 Å². The molecule has 0 radical (unpaired) electrons. The van der Waals surface area contributed by atoms with Crippen molar-refractivity contribution in [1.29, 1.82) is 0 Å². The summed E-state index contributed by atoms with van der Waals surface area (Å²) in [4.78, 5) is 5.84. The van der Waals surface area contributed by atoms with E-state index < -0.39 is 0 Å². The molecule has 0 saturated heterocycles. The molecular formula is C17H16N2S. The zero-order valence-corrected chi connectivity index (χ0v) is 12.4. The Morgan fingerprint density at radius 1 is 1.15 bits per heavy atom. The molecule has 0 aliphatic rings. The van der Waals surface area contributed by atoms with Gasteiger partial charge in [0.25, 0.3) is 0 Å². The van der Waals surface area contributed by atoms with Crippen LogP contribution in [0.4, 0.5) is 5.69 Å². The van der Waals surface area contributed by atoms with E-state index in [2.05, 4.69) is 60.2 Å². The van der Waals surface area contributed by atoms with Crippen LogP contribution in [0, 0.1) is 0 Å². The summed E-state index contributed by atoms with van der Waals surface area (Å²) in [7, 11) is 0. The lowest BCUT2D eigenvalue weighted by molar-refractivity contribution is 1.10. The minimum atomic E-state index is 0.997. The van der Waals surface area contributed by atoms with E-state index in [9.17, 15) is 0 Å². The van der Waals surface area contributed by atoms with Crippen LogP contribution in [-0.4, -0.2) is 4.40 Å². The molecule has 2 nitrogen and oxygen atoms in total. The number of hydrogen-bond donors (Lipinski definition) is 0. The SMILES string of the molecule is CC=C(C)c1ccccc1N=c1scc2ccccn12. The van der Waals surface area contributed by atoms with Gasteiger partial charge in [0, 0.05) is 17.1 Å². The largest absolute Gasteiger partial charge is 0.292 e. The van der Waals surface area contributed by atoms with Gasteiger partial charge in [0.05, 0.1) is 11.2 Å². The van der Waals surface area contributed by atoms with Crippen molar-refractivity contribution in [3.05, 3.63) is 70.5 Å². The molecule has 0 bridgehead atoms. The van der Waals surface area contributed by atoms with E-state index in [1.807, 2.05) is 18.2 Å². The Kier molecular flexibility index (Phi) is 3.52. The van der Waals surface area contributed by atoms with Gasteiger partial charge < -0.3 is 0 Å². The van der Waals surface area contributed by atoms with E-state index in [1.54, 1.807) is 11.3 Å². The van der Waals surface area contributed by atoms with Crippen LogP contribution in [0.5, 0.6) is 0 Å². The fourth-order valence-corrected chi connectivity index (χ4v) is 2.99. The van der Waals surface area contributed by atoms with Crippen molar-refractivity contribution in [2.45, 2.75) is 13.8 Å². The molecule has 2 aromatic heterocycles. The normalized spacial score (nSPS) is 13.1. The molecule has 0 amide bonds. The Balaban J connectivity index is 2.23. The maximum atomic E-state index is 4.84. The number of nitrogens with zero attached hydrogens (tertiary/aromatic N) is 2. The predicted molar refractivity (Wildman–Crippen MR) is 86.3 cm³/mol. The smallest absolute Gasteiger partial charge is 0.194 e. The first-order valence-corrected chi connectivity index (χ1v) is 7.49. The average molecular weight is 280 g/mol. The van der Waals surface area contributed by atoms with E-state index in [-0.39, 0.29) is 0 Å². The Labute approximate surface area is 122 Å². The van der Waals surface area contributed by atoms with E-state index in [0.717, 1.165) is 10.5 Å². The summed E-state index contributed by atoms with van der Waals surface area (Å²) in [6, 6.07) is 14.4. The molecule has 0 spiro atoms. The molecule has 0 aliphatic carbocycles. The van der Waals surface area contributed by atoms with Gasteiger partial charge in [-0.3, -0.25) is 4.40 Å².